The second-order valence-electron chi connectivity index (χ2n) is 9.04. The van der Waals surface area contributed by atoms with Crippen LogP contribution in [0.2, 0.25) is 25.7 Å². The Balaban J connectivity index is 1.75. The molecule has 1 aromatic carbocycles. The van der Waals surface area contributed by atoms with Crippen LogP contribution in [0.4, 0.5) is 4.39 Å². The molecule has 2 amide bonds. The largest absolute Gasteiger partial charge is 0.360 e. The molecule has 3 heterocycles. The highest BCUT2D eigenvalue weighted by Crippen LogP contribution is 2.36. The number of ether oxygens (including phenoxy) is 1. The fourth-order valence-electron chi connectivity index (χ4n) is 3.53. The van der Waals surface area contributed by atoms with Gasteiger partial charge in [-0.05, 0) is 36.4 Å². The molecule has 0 saturated carbocycles. The van der Waals surface area contributed by atoms with Crippen molar-refractivity contribution < 1.29 is 18.7 Å². The van der Waals surface area contributed by atoms with Crippen LogP contribution in [0, 0.1) is 5.82 Å². The topological polar surface area (TPSA) is 77.3 Å². The summed E-state index contributed by atoms with van der Waals surface area (Å²) in [7, 11) is 0.222. The van der Waals surface area contributed by atoms with Crippen LogP contribution in [0.1, 0.15) is 20.8 Å². The molecule has 166 valence electrons. The minimum absolute atomic E-state index is 0.124. The number of rotatable bonds is 7. The van der Waals surface area contributed by atoms with Crippen molar-refractivity contribution in [3.8, 4) is 22.4 Å². The van der Waals surface area contributed by atoms with Crippen LogP contribution in [-0.2, 0) is 11.5 Å². The lowest BCUT2D eigenvalue weighted by molar-refractivity contribution is 0.0691. The third-order valence-electron chi connectivity index (χ3n) is 5.37. The van der Waals surface area contributed by atoms with Crippen molar-refractivity contribution in [3.05, 3.63) is 59.8 Å². The van der Waals surface area contributed by atoms with Gasteiger partial charge in [-0.2, -0.15) is 5.10 Å². The molecule has 0 radical (unpaired) electrons. The van der Waals surface area contributed by atoms with Gasteiger partial charge in [-0.1, -0.05) is 19.6 Å². The monoisotopic (exact) mass is 452 g/mol. The van der Waals surface area contributed by atoms with Gasteiger partial charge < -0.3 is 4.74 Å². The lowest BCUT2D eigenvalue weighted by Crippen LogP contribution is -2.24. The number of nitrogens with zero attached hydrogens (tertiary/aromatic N) is 4. The number of fused-ring (bicyclic) bond motifs is 1. The molecule has 0 unspecified atom stereocenters. The normalized spacial score (nSPS) is 13.7. The summed E-state index contributed by atoms with van der Waals surface area (Å²) in [5.74, 6) is -1.19. The highest BCUT2D eigenvalue weighted by Gasteiger charge is 2.37. The molecule has 1 aliphatic heterocycles. The summed E-state index contributed by atoms with van der Waals surface area (Å²) in [6, 6.07) is 8.73. The Labute approximate surface area is 186 Å². The van der Waals surface area contributed by atoms with Crippen LogP contribution in [-0.4, -0.2) is 53.2 Å². The predicted octanol–water partition coefficient (Wildman–Crippen LogP) is 4.29. The minimum atomic E-state index is -1.22. The maximum Gasteiger partial charge on any atom is 0.279 e. The van der Waals surface area contributed by atoms with Crippen molar-refractivity contribution >= 4 is 19.9 Å². The summed E-state index contributed by atoms with van der Waals surface area (Å²) in [6.45, 7) is 7.75. The predicted molar refractivity (Wildman–Crippen MR) is 121 cm³/mol. The summed E-state index contributed by atoms with van der Waals surface area (Å²) < 4.78 is 21.0. The molecule has 0 saturated heterocycles. The first-order valence-electron chi connectivity index (χ1n) is 10.4. The second-order valence-corrected chi connectivity index (χ2v) is 14.7. The molecule has 4 rings (SSSR count). The SMILES string of the molecule is CN1C(=O)c2nccc(-c3cn(COCC[Si](C)(C)C)nc3-c3ccc(F)cc3)c2C1=O. The van der Waals surface area contributed by atoms with Crippen LogP contribution in [0.5, 0.6) is 0 Å². The van der Waals surface area contributed by atoms with E-state index in [4.69, 9.17) is 4.74 Å². The van der Waals surface area contributed by atoms with Gasteiger partial charge in [0, 0.05) is 50.8 Å². The van der Waals surface area contributed by atoms with Gasteiger partial charge in [-0.15, -0.1) is 0 Å². The van der Waals surface area contributed by atoms with Crippen LogP contribution >= 0.6 is 0 Å². The Morgan fingerprint density at radius 2 is 1.72 bits per heavy atom. The summed E-state index contributed by atoms with van der Waals surface area (Å²) >= 11 is 0. The van der Waals surface area contributed by atoms with E-state index in [-0.39, 0.29) is 23.8 Å². The van der Waals surface area contributed by atoms with Crippen LogP contribution in [0.3, 0.4) is 0 Å². The maximum absolute atomic E-state index is 13.5. The van der Waals surface area contributed by atoms with Crippen molar-refractivity contribution in [2.24, 2.45) is 0 Å². The number of amides is 2. The Bertz CT molecular complexity index is 1180. The summed E-state index contributed by atoms with van der Waals surface area (Å²) in [5.41, 5.74) is 2.85. The number of carbonyl (C=O) groups excluding carboxylic acids is 2. The lowest BCUT2D eigenvalue weighted by Gasteiger charge is -2.15. The molecule has 2 aromatic heterocycles. The zero-order chi connectivity index (χ0) is 23.0. The number of carbonyl (C=O) groups is 2. The molecular weight excluding hydrogens is 427 g/mol. The van der Waals surface area contributed by atoms with E-state index < -0.39 is 19.9 Å². The first-order valence-corrected chi connectivity index (χ1v) is 14.1. The van der Waals surface area contributed by atoms with E-state index in [0.29, 0.717) is 29.0 Å². The molecule has 0 atom stereocenters. The molecule has 9 heteroatoms. The molecule has 0 aliphatic carbocycles. The molecular formula is C23H25FN4O3Si. The standard InChI is InChI=1S/C23H25FN4O3Si/c1-27-22(29)19-17(9-10-25-21(19)23(27)30)18-13-28(14-31-11-12-32(2,3)4)26-20(18)15-5-7-16(24)8-6-15/h5-10,13H,11-12,14H2,1-4H3. The lowest BCUT2D eigenvalue weighted by atomic mass is 9.97. The minimum Gasteiger partial charge on any atom is -0.360 e. The van der Waals surface area contributed by atoms with E-state index in [1.165, 1.54) is 25.4 Å². The zero-order valence-corrected chi connectivity index (χ0v) is 19.6. The van der Waals surface area contributed by atoms with Crippen LogP contribution in [0.15, 0.2) is 42.7 Å². The average molecular weight is 453 g/mol. The maximum atomic E-state index is 13.5. The number of benzene rings is 1. The van der Waals surface area contributed by atoms with Gasteiger partial charge in [0.2, 0.25) is 0 Å². The second kappa shape index (κ2) is 8.40. The van der Waals surface area contributed by atoms with Crippen LogP contribution in [0.25, 0.3) is 22.4 Å². The van der Waals surface area contributed by atoms with Gasteiger partial charge in [0.25, 0.3) is 11.8 Å². The van der Waals surface area contributed by atoms with Gasteiger partial charge in [0.05, 0.1) is 5.56 Å². The highest BCUT2D eigenvalue weighted by atomic mass is 28.3. The fraction of sp³-hybridized carbons (Fsp3) is 0.304. The Hall–Kier alpha value is -3.17. The van der Waals surface area contributed by atoms with Crippen molar-refractivity contribution in [2.45, 2.75) is 32.4 Å². The number of imide groups is 1. The van der Waals surface area contributed by atoms with E-state index in [0.717, 1.165) is 10.9 Å². The molecule has 0 N–H and O–H groups in total. The molecule has 0 bridgehead atoms. The Morgan fingerprint density at radius 1 is 1.00 bits per heavy atom. The van der Waals surface area contributed by atoms with Crippen LogP contribution < -0.4 is 0 Å². The van der Waals surface area contributed by atoms with E-state index in [2.05, 4.69) is 29.7 Å². The number of halogens is 1. The molecule has 0 fully saturated rings. The summed E-state index contributed by atoms with van der Waals surface area (Å²) in [5, 5.41) is 4.66. The van der Waals surface area contributed by atoms with E-state index in [9.17, 15) is 14.0 Å². The van der Waals surface area contributed by atoms with Crippen molar-refractivity contribution in [2.75, 3.05) is 13.7 Å². The first-order chi connectivity index (χ1) is 15.2. The van der Waals surface area contributed by atoms with Gasteiger partial charge in [0.15, 0.2) is 0 Å². The quantitative estimate of drug-likeness (QED) is 0.304. The third-order valence-corrected chi connectivity index (χ3v) is 7.07. The molecule has 32 heavy (non-hydrogen) atoms. The van der Waals surface area contributed by atoms with Gasteiger partial charge in [0.1, 0.15) is 23.9 Å². The zero-order valence-electron chi connectivity index (χ0n) is 18.6. The number of aromatic nitrogens is 3. The van der Waals surface area contributed by atoms with Gasteiger partial charge in [-0.3, -0.25) is 19.5 Å². The summed E-state index contributed by atoms with van der Waals surface area (Å²) in [6.07, 6.45) is 3.30. The van der Waals surface area contributed by atoms with E-state index in [1.54, 1.807) is 29.1 Å². The fourth-order valence-corrected chi connectivity index (χ4v) is 4.28. The smallest absolute Gasteiger partial charge is 0.279 e. The highest BCUT2D eigenvalue weighted by molar-refractivity contribution is 6.76. The average Bonchev–Trinajstić information content (AvgIpc) is 3.27. The number of hydrogen-bond donors (Lipinski definition) is 0. The molecule has 7 nitrogen and oxygen atoms in total. The Kier molecular flexibility index (Phi) is 5.78. The number of hydrogen-bond acceptors (Lipinski definition) is 5. The molecule has 3 aromatic rings. The first kappa shape index (κ1) is 22.0. The third kappa shape index (κ3) is 4.26. The number of pyridine rings is 1. The molecule has 1 aliphatic rings. The molecule has 0 spiro atoms. The van der Waals surface area contributed by atoms with E-state index in [1.807, 2.05) is 0 Å². The van der Waals surface area contributed by atoms with Crippen molar-refractivity contribution in [3.63, 3.8) is 0 Å². The van der Waals surface area contributed by atoms with E-state index >= 15 is 0 Å². The van der Waals surface area contributed by atoms with Gasteiger partial charge >= 0.3 is 0 Å². The Morgan fingerprint density at radius 3 is 2.41 bits per heavy atom. The van der Waals surface area contributed by atoms with Crippen molar-refractivity contribution in [1.82, 2.24) is 19.7 Å². The van der Waals surface area contributed by atoms with Crippen molar-refractivity contribution in [1.29, 1.82) is 0 Å². The van der Waals surface area contributed by atoms with Gasteiger partial charge in [-0.25, -0.2) is 9.07 Å². The summed E-state index contributed by atoms with van der Waals surface area (Å²) in [4.78, 5) is 30.4.